The molecule has 2 N–H and O–H groups in total. The highest BCUT2D eigenvalue weighted by Crippen LogP contribution is 2.22. The van der Waals surface area contributed by atoms with Crippen LogP contribution in [0.1, 0.15) is 19.3 Å². The number of nitrogens with zero attached hydrogens (tertiary/aromatic N) is 1. The summed E-state index contributed by atoms with van der Waals surface area (Å²) in [6, 6.07) is 6.75. The molecular weight excluding hydrogens is 269 g/mol. The number of benzene rings is 1. The quantitative estimate of drug-likeness (QED) is 0.909. The summed E-state index contributed by atoms with van der Waals surface area (Å²) >= 11 is 0. The summed E-state index contributed by atoms with van der Waals surface area (Å²) in [6.07, 6.45) is 3.46. The number of aromatic nitrogens is 1. The minimum atomic E-state index is -0.283. The van der Waals surface area contributed by atoms with Crippen LogP contribution >= 0.6 is 0 Å². The van der Waals surface area contributed by atoms with E-state index in [9.17, 15) is 9.18 Å². The molecule has 1 aliphatic heterocycles. The van der Waals surface area contributed by atoms with Gasteiger partial charge in [0.15, 0.2) is 0 Å². The van der Waals surface area contributed by atoms with Gasteiger partial charge in [-0.25, -0.2) is 4.39 Å². The number of H-pyrrole nitrogens is 1. The zero-order valence-electron chi connectivity index (χ0n) is 12.2. The summed E-state index contributed by atoms with van der Waals surface area (Å²) in [5.41, 5.74) is 0.932. The molecule has 1 aromatic heterocycles. The zero-order valence-corrected chi connectivity index (χ0v) is 12.2. The molecule has 0 spiro atoms. The van der Waals surface area contributed by atoms with Crippen LogP contribution in [0.3, 0.4) is 0 Å². The van der Waals surface area contributed by atoms with Crippen LogP contribution in [-0.2, 0) is 0 Å². The molecule has 1 aliphatic rings. The van der Waals surface area contributed by atoms with Gasteiger partial charge in [-0.2, -0.15) is 0 Å². The Morgan fingerprint density at radius 3 is 3.05 bits per heavy atom. The van der Waals surface area contributed by atoms with Crippen molar-refractivity contribution in [2.24, 2.45) is 0 Å². The first-order valence-electron chi connectivity index (χ1n) is 7.40. The molecule has 112 valence electrons. The third-order valence-electron chi connectivity index (χ3n) is 4.28. The number of pyridine rings is 1. The van der Waals surface area contributed by atoms with E-state index in [-0.39, 0.29) is 11.4 Å². The number of aromatic amines is 1. The maximum atomic E-state index is 14.0. The normalized spacial score (nSPS) is 19.2. The summed E-state index contributed by atoms with van der Waals surface area (Å²) in [7, 11) is 2.14. The van der Waals surface area contributed by atoms with Crippen molar-refractivity contribution in [3.8, 4) is 0 Å². The fourth-order valence-corrected chi connectivity index (χ4v) is 3.03. The van der Waals surface area contributed by atoms with E-state index in [0.29, 0.717) is 22.6 Å². The molecule has 3 rings (SSSR count). The first-order valence-corrected chi connectivity index (χ1v) is 7.40. The predicted octanol–water partition coefficient (Wildman–Crippen LogP) is 2.56. The largest absolute Gasteiger partial charge is 0.383 e. The highest BCUT2D eigenvalue weighted by molar-refractivity contribution is 5.82. The van der Waals surface area contributed by atoms with Gasteiger partial charge in [0, 0.05) is 24.0 Å². The highest BCUT2D eigenvalue weighted by Gasteiger charge is 2.20. The lowest BCUT2D eigenvalue weighted by molar-refractivity contribution is 0.301. The number of hydrogen-bond donors (Lipinski definition) is 2. The maximum Gasteiger partial charge on any atom is 0.248 e. The van der Waals surface area contributed by atoms with Crippen LogP contribution in [0, 0.1) is 5.82 Å². The highest BCUT2D eigenvalue weighted by atomic mass is 19.1. The van der Waals surface area contributed by atoms with Crippen molar-refractivity contribution in [2.45, 2.75) is 25.3 Å². The van der Waals surface area contributed by atoms with Gasteiger partial charge in [-0.3, -0.25) is 4.79 Å². The zero-order chi connectivity index (χ0) is 14.8. The average Bonchev–Trinajstić information content (AvgIpc) is 2.85. The summed E-state index contributed by atoms with van der Waals surface area (Å²) < 4.78 is 14.0. The lowest BCUT2D eigenvalue weighted by atomic mass is 10.1. The molecule has 2 aromatic rings. The third kappa shape index (κ3) is 3.08. The Balaban J connectivity index is 1.71. The second-order valence-corrected chi connectivity index (χ2v) is 5.73. The molecule has 5 heteroatoms. The van der Waals surface area contributed by atoms with E-state index in [1.54, 1.807) is 12.1 Å². The number of anilines is 1. The molecule has 0 aliphatic carbocycles. The molecule has 1 fully saturated rings. The van der Waals surface area contributed by atoms with Crippen molar-refractivity contribution >= 4 is 16.6 Å². The van der Waals surface area contributed by atoms with Gasteiger partial charge >= 0.3 is 0 Å². The summed E-state index contributed by atoms with van der Waals surface area (Å²) in [6.45, 7) is 1.88. The van der Waals surface area contributed by atoms with E-state index in [2.05, 4.69) is 22.2 Å². The fourth-order valence-electron chi connectivity index (χ4n) is 3.03. The first kappa shape index (κ1) is 14.1. The van der Waals surface area contributed by atoms with E-state index < -0.39 is 0 Å². The van der Waals surface area contributed by atoms with Crippen molar-refractivity contribution in [3.05, 3.63) is 40.4 Å². The lowest BCUT2D eigenvalue weighted by Gasteiger charge is -2.19. The van der Waals surface area contributed by atoms with Gasteiger partial charge in [-0.05, 0) is 51.1 Å². The second-order valence-electron chi connectivity index (χ2n) is 5.73. The van der Waals surface area contributed by atoms with Gasteiger partial charge in [-0.1, -0.05) is 0 Å². The van der Waals surface area contributed by atoms with Crippen LogP contribution in [0.5, 0.6) is 0 Å². The van der Waals surface area contributed by atoms with Gasteiger partial charge < -0.3 is 15.2 Å². The number of nitrogens with one attached hydrogen (secondary N) is 2. The molecule has 1 saturated heterocycles. The molecule has 1 atom stereocenters. The minimum absolute atomic E-state index is 0.173. The van der Waals surface area contributed by atoms with Gasteiger partial charge in [-0.15, -0.1) is 0 Å². The van der Waals surface area contributed by atoms with Crippen molar-refractivity contribution in [1.29, 1.82) is 0 Å². The van der Waals surface area contributed by atoms with Crippen LogP contribution in [-0.4, -0.2) is 36.1 Å². The Hall–Kier alpha value is -1.88. The minimum Gasteiger partial charge on any atom is -0.383 e. The Kier molecular flexibility index (Phi) is 3.92. The van der Waals surface area contributed by atoms with Crippen LogP contribution in [0.15, 0.2) is 29.1 Å². The topological polar surface area (TPSA) is 48.1 Å². The number of halogens is 1. The number of hydrogen-bond acceptors (Lipinski definition) is 3. The molecule has 0 amide bonds. The third-order valence-corrected chi connectivity index (χ3v) is 4.28. The number of likely N-dealkylation sites (tertiary alicyclic amines) is 1. The van der Waals surface area contributed by atoms with Crippen molar-refractivity contribution in [3.63, 3.8) is 0 Å². The molecule has 0 saturated carbocycles. The van der Waals surface area contributed by atoms with E-state index in [1.165, 1.54) is 25.0 Å². The van der Waals surface area contributed by atoms with E-state index >= 15 is 0 Å². The number of fused-ring (bicyclic) bond motifs is 1. The SMILES string of the molecule is CN1CCCC1CCNc1cc2[nH]c(=O)ccc2cc1F. The summed E-state index contributed by atoms with van der Waals surface area (Å²) in [4.78, 5) is 16.4. The Labute approximate surface area is 123 Å². The van der Waals surface area contributed by atoms with E-state index in [0.717, 1.165) is 19.5 Å². The van der Waals surface area contributed by atoms with Crippen molar-refractivity contribution in [1.82, 2.24) is 9.88 Å². The molecule has 0 radical (unpaired) electrons. The van der Waals surface area contributed by atoms with Crippen LogP contribution in [0.25, 0.3) is 10.9 Å². The summed E-state index contributed by atoms with van der Waals surface area (Å²) in [5, 5.41) is 3.85. The Bertz CT molecular complexity index is 697. The van der Waals surface area contributed by atoms with Gasteiger partial charge in [0.05, 0.1) is 11.2 Å². The monoisotopic (exact) mass is 289 g/mol. The molecule has 1 aromatic carbocycles. The van der Waals surface area contributed by atoms with Crippen molar-refractivity contribution < 1.29 is 4.39 Å². The maximum absolute atomic E-state index is 14.0. The van der Waals surface area contributed by atoms with Gasteiger partial charge in [0.1, 0.15) is 5.82 Å². The second kappa shape index (κ2) is 5.85. The van der Waals surface area contributed by atoms with Gasteiger partial charge in [0.2, 0.25) is 5.56 Å². The first-order chi connectivity index (χ1) is 10.1. The molecule has 1 unspecified atom stereocenters. The lowest BCUT2D eigenvalue weighted by Crippen LogP contribution is -2.27. The van der Waals surface area contributed by atoms with Crippen LogP contribution in [0.2, 0.25) is 0 Å². The Morgan fingerprint density at radius 1 is 1.43 bits per heavy atom. The fraction of sp³-hybridized carbons (Fsp3) is 0.438. The van der Waals surface area contributed by atoms with Crippen LogP contribution in [0.4, 0.5) is 10.1 Å². The average molecular weight is 289 g/mol. The molecule has 0 bridgehead atoms. The predicted molar refractivity (Wildman–Crippen MR) is 83.3 cm³/mol. The van der Waals surface area contributed by atoms with Crippen LogP contribution < -0.4 is 10.9 Å². The summed E-state index contributed by atoms with van der Waals surface area (Å²) in [5.74, 6) is -0.283. The van der Waals surface area contributed by atoms with Gasteiger partial charge in [0.25, 0.3) is 0 Å². The van der Waals surface area contributed by atoms with E-state index in [4.69, 9.17) is 0 Å². The number of rotatable bonds is 4. The van der Waals surface area contributed by atoms with E-state index in [1.807, 2.05) is 0 Å². The smallest absolute Gasteiger partial charge is 0.248 e. The van der Waals surface area contributed by atoms with Crippen molar-refractivity contribution in [2.75, 3.05) is 25.5 Å². The molecule has 4 nitrogen and oxygen atoms in total. The molecule has 2 heterocycles. The standard InChI is InChI=1S/C16H20FN3O/c1-20-8-2-3-12(20)6-7-18-15-10-14-11(9-13(15)17)4-5-16(21)19-14/h4-5,9-10,12,18H,2-3,6-8H2,1H3,(H,19,21). The Morgan fingerprint density at radius 2 is 2.29 bits per heavy atom. The molecule has 21 heavy (non-hydrogen) atoms. The molecular formula is C16H20FN3O.